The second kappa shape index (κ2) is 12.2. The second-order valence-electron chi connectivity index (χ2n) is 8.98. The third-order valence-electron chi connectivity index (χ3n) is 6.51. The normalized spacial score (nSPS) is 16.4. The quantitative estimate of drug-likeness (QED) is 0.433. The maximum atomic E-state index is 13.0. The highest BCUT2D eigenvalue weighted by atomic mass is 32.2. The predicted molar refractivity (Wildman–Crippen MR) is 149 cm³/mol. The summed E-state index contributed by atoms with van der Waals surface area (Å²) < 4.78 is 15.8. The van der Waals surface area contributed by atoms with Crippen LogP contribution in [0.15, 0.2) is 69.8 Å². The van der Waals surface area contributed by atoms with E-state index in [4.69, 9.17) is 19.2 Å². The molecule has 0 aliphatic carbocycles. The van der Waals surface area contributed by atoms with E-state index >= 15 is 0 Å². The van der Waals surface area contributed by atoms with Crippen LogP contribution in [0.25, 0.3) is 0 Å². The fourth-order valence-corrected chi connectivity index (χ4v) is 5.61. The van der Waals surface area contributed by atoms with E-state index in [0.717, 1.165) is 27.6 Å². The summed E-state index contributed by atoms with van der Waals surface area (Å²) >= 11 is 1.47. The highest BCUT2D eigenvalue weighted by Crippen LogP contribution is 2.45. The van der Waals surface area contributed by atoms with E-state index in [-0.39, 0.29) is 12.3 Å². The van der Waals surface area contributed by atoms with E-state index in [2.05, 4.69) is 11.4 Å². The molecule has 2 aliphatic rings. The molecule has 0 spiro atoms. The highest BCUT2D eigenvalue weighted by molar-refractivity contribution is 8.16. The molecule has 0 radical (unpaired) electrons. The van der Waals surface area contributed by atoms with Gasteiger partial charge in [-0.3, -0.25) is 4.79 Å². The Morgan fingerprint density at radius 3 is 2.55 bits per heavy atom. The Kier molecular flexibility index (Phi) is 8.78. The van der Waals surface area contributed by atoms with E-state index in [0.29, 0.717) is 42.2 Å². The van der Waals surface area contributed by atoms with E-state index in [1.807, 2.05) is 60.6 Å². The minimum Gasteiger partial charge on any atom is -0.493 e. The summed E-state index contributed by atoms with van der Waals surface area (Å²) in [6.45, 7) is 4.47. The number of aryl methyl sites for hydroxylation is 1. The van der Waals surface area contributed by atoms with Gasteiger partial charge in [0.2, 0.25) is 5.91 Å². The number of carbonyl (C=O) groups is 2. The van der Waals surface area contributed by atoms with Crippen molar-refractivity contribution in [3.63, 3.8) is 0 Å². The van der Waals surface area contributed by atoms with Crippen molar-refractivity contribution in [2.45, 2.75) is 39.2 Å². The zero-order chi connectivity index (χ0) is 27.2. The standard InChI is InChI=1S/C29H33N3O5S/c1-6-22-26(28(34)37-5)27(20-9-7-8-18(2)14-20)32-21(17-38-29(32)31-22)16-25(33)30-13-12-19-10-11-23(35-3)24(15-19)36-4/h7-11,14-15,17,27H,6,12-13,16H2,1-5H3,(H,30,33). The van der Waals surface area contributed by atoms with Gasteiger partial charge in [0, 0.05) is 12.2 Å². The molecule has 2 aromatic rings. The van der Waals surface area contributed by atoms with Crippen LogP contribution in [-0.4, -0.2) is 49.8 Å². The van der Waals surface area contributed by atoms with Crippen molar-refractivity contribution in [1.82, 2.24) is 10.2 Å². The third kappa shape index (κ3) is 5.72. The lowest BCUT2D eigenvalue weighted by molar-refractivity contribution is -0.136. The summed E-state index contributed by atoms with van der Waals surface area (Å²) in [5.41, 5.74) is 5.07. The summed E-state index contributed by atoms with van der Waals surface area (Å²) in [5, 5.41) is 5.72. The molecule has 0 bridgehead atoms. The Morgan fingerprint density at radius 1 is 1.08 bits per heavy atom. The number of ether oxygens (including phenoxy) is 3. The van der Waals surface area contributed by atoms with Crippen molar-refractivity contribution in [3.05, 3.63) is 81.5 Å². The molecule has 0 fully saturated rings. The van der Waals surface area contributed by atoms with Gasteiger partial charge in [-0.05, 0) is 48.4 Å². The van der Waals surface area contributed by atoms with Gasteiger partial charge >= 0.3 is 5.97 Å². The number of thioether (sulfide) groups is 1. The minimum absolute atomic E-state index is 0.105. The average Bonchev–Trinajstić information content (AvgIpc) is 3.33. The van der Waals surface area contributed by atoms with Gasteiger partial charge in [-0.2, -0.15) is 0 Å². The molecule has 9 heteroatoms. The lowest BCUT2D eigenvalue weighted by Crippen LogP contribution is -2.38. The number of carbonyl (C=O) groups excluding carboxylic acids is 2. The fourth-order valence-electron chi connectivity index (χ4n) is 4.68. The molecule has 2 aliphatic heterocycles. The highest BCUT2D eigenvalue weighted by Gasteiger charge is 2.41. The topological polar surface area (TPSA) is 89.5 Å². The second-order valence-corrected chi connectivity index (χ2v) is 9.82. The van der Waals surface area contributed by atoms with Crippen molar-refractivity contribution >= 4 is 28.8 Å². The smallest absolute Gasteiger partial charge is 0.338 e. The predicted octanol–water partition coefficient (Wildman–Crippen LogP) is 4.90. The van der Waals surface area contributed by atoms with Gasteiger partial charge in [0.25, 0.3) is 0 Å². The largest absolute Gasteiger partial charge is 0.493 e. The third-order valence-corrected chi connectivity index (χ3v) is 7.40. The van der Waals surface area contributed by atoms with Crippen LogP contribution in [-0.2, 0) is 20.7 Å². The number of hydrogen-bond acceptors (Lipinski definition) is 8. The Hall–Kier alpha value is -3.72. The van der Waals surface area contributed by atoms with Gasteiger partial charge in [0.15, 0.2) is 16.7 Å². The van der Waals surface area contributed by atoms with Crippen molar-refractivity contribution in [2.24, 2.45) is 4.99 Å². The molecular formula is C29H33N3O5S. The first kappa shape index (κ1) is 27.3. The van der Waals surface area contributed by atoms with Crippen LogP contribution >= 0.6 is 11.8 Å². The molecule has 200 valence electrons. The summed E-state index contributed by atoms with van der Waals surface area (Å²) in [5.74, 6) is 0.808. The van der Waals surface area contributed by atoms with Crippen LogP contribution < -0.4 is 14.8 Å². The van der Waals surface area contributed by atoms with Gasteiger partial charge in [-0.1, -0.05) is 54.6 Å². The zero-order valence-electron chi connectivity index (χ0n) is 22.4. The Morgan fingerprint density at radius 2 is 1.87 bits per heavy atom. The number of methoxy groups -OCH3 is 3. The molecule has 1 unspecified atom stereocenters. The first-order valence-electron chi connectivity index (χ1n) is 12.5. The molecule has 8 nitrogen and oxygen atoms in total. The van der Waals surface area contributed by atoms with E-state index in [1.54, 1.807) is 14.2 Å². The molecule has 1 N–H and O–H groups in total. The van der Waals surface area contributed by atoms with Crippen LogP contribution in [0.4, 0.5) is 0 Å². The molecule has 38 heavy (non-hydrogen) atoms. The number of nitrogens with zero attached hydrogens (tertiary/aromatic N) is 2. The monoisotopic (exact) mass is 535 g/mol. The summed E-state index contributed by atoms with van der Waals surface area (Å²) in [6, 6.07) is 13.4. The number of amidine groups is 1. The van der Waals surface area contributed by atoms with Crippen LogP contribution in [0.2, 0.25) is 0 Å². The van der Waals surface area contributed by atoms with E-state index < -0.39 is 12.0 Å². The van der Waals surface area contributed by atoms with Gasteiger partial charge in [0.05, 0.1) is 45.1 Å². The van der Waals surface area contributed by atoms with Crippen molar-refractivity contribution in [1.29, 1.82) is 0 Å². The van der Waals surface area contributed by atoms with Gasteiger partial charge < -0.3 is 24.4 Å². The summed E-state index contributed by atoms with van der Waals surface area (Å²) in [7, 11) is 4.59. The maximum absolute atomic E-state index is 13.0. The molecule has 0 saturated carbocycles. The average molecular weight is 536 g/mol. The summed E-state index contributed by atoms with van der Waals surface area (Å²) in [6.07, 6.45) is 1.41. The Bertz CT molecular complexity index is 1320. The molecule has 1 amide bonds. The first-order chi connectivity index (χ1) is 18.4. The fraction of sp³-hybridized carbons (Fsp3) is 0.345. The molecule has 4 rings (SSSR count). The molecule has 2 aromatic carbocycles. The number of benzene rings is 2. The molecule has 0 aromatic heterocycles. The minimum atomic E-state index is -0.425. The molecule has 2 heterocycles. The van der Waals surface area contributed by atoms with Crippen LogP contribution in [0.5, 0.6) is 11.5 Å². The number of esters is 1. The maximum Gasteiger partial charge on any atom is 0.338 e. The van der Waals surface area contributed by atoms with Crippen LogP contribution in [0, 0.1) is 6.92 Å². The molecule has 0 saturated heterocycles. The molecule has 1 atom stereocenters. The Labute approximate surface area is 227 Å². The Balaban J connectivity index is 1.51. The van der Waals surface area contributed by atoms with Crippen molar-refractivity contribution < 1.29 is 23.8 Å². The van der Waals surface area contributed by atoms with Crippen LogP contribution in [0.1, 0.15) is 42.5 Å². The number of rotatable bonds is 10. The van der Waals surface area contributed by atoms with E-state index in [9.17, 15) is 9.59 Å². The lowest BCUT2D eigenvalue weighted by atomic mass is 9.92. The van der Waals surface area contributed by atoms with Gasteiger partial charge in [-0.25, -0.2) is 9.79 Å². The lowest BCUT2D eigenvalue weighted by Gasteiger charge is -2.36. The van der Waals surface area contributed by atoms with Crippen LogP contribution in [0.3, 0.4) is 0 Å². The SMILES string of the molecule is CCC1=C(C(=O)OC)C(c2cccc(C)c2)N2C(CC(=O)NCCc3ccc(OC)c(OC)c3)=CSC2=N1. The molecular weight excluding hydrogens is 502 g/mol. The number of amides is 1. The van der Waals surface area contributed by atoms with Gasteiger partial charge in [0.1, 0.15) is 0 Å². The van der Waals surface area contributed by atoms with E-state index in [1.165, 1.54) is 18.9 Å². The number of allylic oxidation sites excluding steroid dienone is 1. The number of aliphatic imine (C=N–C) groups is 1. The summed E-state index contributed by atoms with van der Waals surface area (Å²) in [4.78, 5) is 32.8. The number of fused-ring (bicyclic) bond motifs is 1. The first-order valence-corrected chi connectivity index (χ1v) is 13.4. The van der Waals surface area contributed by atoms with Gasteiger partial charge in [-0.15, -0.1) is 0 Å². The zero-order valence-corrected chi connectivity index (χ0v) is 23.2. The number of nitrogens with one attached hydrogen (secondary N) is 1. The number of hydrogen-bond donors (Lipinski definition) is 1. The van der Waals surface area contributed by atoms with Crippen molar-refractivity contribution in [3.8, 4) is 11.5 Å². The van der Waals surface area contributed by atoms with Crippen molar-refractivity contribution in [2.75, 3.05) is 27.9 Å².